The monoisotopic (exact) mass is 366 g/mol. The third kappa shape index (κ3) is 4.45. The number of aromatic nitrogens is 1. The molecule has 1 fully saturated rings. The highest BCUT2D eigenvalue weighted by atomic mass is 16.2. The number of para-hydroxylation sites is 1. The SMILES string of the molecule is Cc1cc(/C=N\NC(=O)C(=O)N2CCCCCC2)c(C)n1-c1ccccc1. The van der Waals surface area contributed by atoms with E-state index >= 15 is 0 Å². The maximum Gasteiger partial charge on any atom is 0.329 e. The van der Waals surface area contributed by atoms with E-state index in [1.807, 2.05) is 50.2 Å². The normalized spacial score (nSPS) is 15.0. The molecule has 1 aliphatic heterocycles. The van der Waals surface area contributed by atoms with E-state index in [1.54, 1.807) is 11.1 Å². The van der Waals surface area contributed by atoms with Crippen LogP contribution in [0.4, 0.5) is 0 Å². The van der Waals surface area contributed by atoms with Crippen molar-refractivity contribution in [1.29, 1.82) is 0 Å². The molecular formula is C21H26N4O2. The van der Waals surface area contributed by atoms with Gasteiger partial charge in [0.1, 0.15) is 0 Å². The molecule has 2 heterocycles. The summed E-state index contributed by atoms with van der Waals surface area (Å²) in [6.07, 6.45) is 5.72. The molecule has 3 rings (SSSR count). The Hall–Kier alpha value is -2.89. The fourth-order valence-corrected chi connectivity index (χ4v) is 3.52. The largest absolute Gasteiger partial charge is 0.334 e. The quantitative estimate of drug-likeness (QED) is 0.516. The molecule has 1 N–H and O–H groups in total. The summed E-state index contributed by atoms with van der Waals surface area (Å²) in [5.74, 6) is -1.17. The summed E-state index contributed by atoms with van der Waals surface area (Å²) in [5.41, 5.74) is 6.45. The molecule has 27 heavy (non-hydrogen) atoms. The predicted molar refractivity (Wildman–Crippen MR) is 106 cm³/mol. The first-order valence-electron chi connectivity index (χ1n) is 9.44. The van der Waals surface area contributed by atoms with Gasteiger partial charge in [-0.3, -0.25) is 9.59 Å². The van der Waals surface area contributed by atoms with Gasteiger partial charge in [-0.15, -0.1) is 0 Å². The molecule has 0 bridgehead atoms. The molecule has 142 valence electrons. The summed E-state index contributed by atoms with van der Waals surface area (Å²) in [4.78, 5) is 26.0. The Kier molecular flexibility index (Phi) is 6.06. The summed E-state index contributed by atoms with van der Waals surface area (Å²) in [7, 11) is 0. The Labute approximate surface area is 159 Å². The van der Waals surface area contributed by atoms with Crippen LogP contribution in [0, 0.1) is 13.8 Å². The summed E-state index contributed by atoms with van der Waals surface area (Å²) in [6.45, 7) is 5.33. The van der Waals surface area contributed by atoms with Gasteiger partial charge in [-0.25, -0.2) is 5.43 Å². The van der Waals surface area contributed by atoms with Gasteiger partial charge in [0, 0.05) is 35.7 Å². The molecule has 0 atom stereocenters. The van der Waals surface area contributed by atoms with Gasteiger partial charge >= 0.3 is 11.8 Å². The zero-order valence-electron chi connectivity index (χ0n) is 15.9. The number of nitrogens with one attached hydrogen (secondary N) is 1. The van der Waals surface area contributed by atoms with Gasteiger partial charge in [-0.05, 0) is 44.9 Å². The van der Waals surface area contributed by atoms with E-state index in [4.69, 9.17) is 0 Å². The Morgan fingerprint density at radius 3 is 2.37 bits per heavy atom. The minimum absolute atomic E-state index is 0.496. The minimum atomic E-state index is -0.676. The lowest BCUT2D eigenvalue weighted by molar-refractivity contribution is -0.145. The van der Waals surface area contributed by atoms with E-state index in [0.29, 0.717) is 13.1 Å². The molecule has 2 aromatic rings. The van der Waals surface area contributed by atoms with Crippen LogP contribution in [0.2, 0.25) is 0 Å². The van der Waals surface area contributed by atoms with Crippen LogP contribution in [0.1, 0.15) is 42.6 Å². The van der Waals surface area contributed by atoms with E-state index < -0.39 is 11.8 Å². The third-order valence-corrected chi connectivity index (χ3v) is 4.94. The zero-order valence-corrected chi connectivity index (χ0v) is 15.9. The maximum absolute atomic E-state index is 12.2. The second-order valence-electron chi connectivity index (χ2n) is 6.90. The third-order valence-electron chi connectivity index (χ3n) is 4.94. The van der Waals surface area contributed by atoms with Crippen molar-refractivity contribution in [2.24, 2.45) is 5.10 Å². The highest BCUT2D eigenvalue weighted by molar-refractivity contribution is 6.35. The lowest BCUT2D eigenvalue weighted by Gasteiger charge is -2.18. The van der Waals surface area contributed by atoms with E-state index in [1.165, 1.54) is 0 Å². The number of carbonyl (C=O) groups is 2. The van der Waals surface area contributed by atoms with Crippen molar-refractivity contribution in [2.75, 3.05) is 13.1 Å². The number of carbonyl (C=O) groups excluding carboxylic acids is 2. The Morgan fingerprint density at radius 1 is 1.04 bits per heavy atom. The van der Waals surface area contributed by atoms with Gasteiger partial charge in [-0.2, -0.15) is 5.10 Å². The van der Waals surface area contributed by atoms with Crippen molar-refractivity contribution in [3.8, 4) is 5.69 Å². The Balaban J connectivity index is 1.66. The van der Waals surface area contributed by atoms with E-state index in [2.05, 4.69) is 15.1 Å². The molecule has 1 aromatic heterocycles. The molecule has 1 aliphatic rings. The summed E-state index contributed by atoms with van der Waals surface area (Å²) < 4.78 is 2.13. The van der Waals surface area contributed by atoms with Crippen molar-refractivity contribution in [2.45, 2.75) is 39.5 Å². The molecular weight excluding hydrogens is 340 g/mol. The lowest BCUT2D eigenvalue weighted by atomic mass is 10.2. The number of hydrazone groups is 1. The standard InChI is InChI=1S/C21H26N4O2/c1-16-14-18(17(2)25(16)19-10-6-5-7-11-19)15-22-23-20(26)21(27)24-12-8-3-4-9-13-24/h5-7,10-11,14-15H,3-4,8-9,12-13H2,1-2H3,(H,23,26)/b22-15-. The molecule has 0 radical (unpaired) electrons. The summed E-state index contributed by atoms with van der Waals surface area (Å²) in [5, 5.41) is 4.00. The number of amides is 2. The van der Waals surface area contributed by atoms with Gasteiger partial charge in [0.15, 0.2) is 0 Å². The van der Waals surface area contributed by atoms with E-state index in [-0.39, 0.29) is 0 Å². The average Bonchev–Trinajstić information content (AvgIpc) is 2.86. The van der Waals surface area contributed by atoms with Gasteiger partial charge in [0.25, 0.3) is 0 Å². The second-order valence-corrected chi connectivity index (χ2v) is 6.90. The van der Waals surface area contributed by atoms with Crippen LogP contribution in [0.25, 0.3) is 5.69 Å². The summed E-state index contributed by atoms with van der Waals surface area (Å²) in [6, 6.07) is 12.1. The van der Waals surface area contributed by atoms with E-state index in [0.717, 1.165) is 48.3 Å². The second kappa shape index (κ2) is 8.66. The number of likely N-dealkylation sites (tertiary alicyclic amines) is 1. The van der Waals surface area contributed by atoms with Crippen LogP contribution < -0.4 is 5.43 Å². The number of aryl methyl sites for hydroxylation is 1. The molecule has 0 aliphatic carbocycles. The predicted octanol–water partition coefficient (Wildman–Crippen LogP) is 2.95. The molecule has 6 heteroatoms. The molecule has 6 nitrogen and oxygen atoms in total. The van der Waals surface area contributed by atoms with Gasteiger partial charge in [-0.1, -0.05) is 31.0 Å². The van der Waals surface area contributed by atoms with Crippen molar-refractivity contribution < 1.29 is 9.59 Å². The van der Waals surface area contributed by atoms with Crippen molar-refractivity contribution >= 4 is 18.0 Å². The molecule has 2 amide bonds. The molecule has 0 spiro atoms. The van der Waals surface area contributed by atoms with Gasteiger partial charge in [0.2, 0.25) is 0 Å². The molecule has 1 aromatic carbocycles. The Bertz CT molecular complexity index is 831. The van der Waals surface area contributed by atoms with Gasteiger partial charge in [0.05, 0.1) is 6.21 Å². The number of nitrogens with zero attached hydrogens (tertiary/aromatic N) is 3. The maximum atomic E-state index is 12.2. The first kappa shape index (κ1) is 18.9. The number of benzene rings is 1. The molecule has 1 saturated heterocycles. The highest BCUT2D eigenvalue weighted by Crippen LogP contribution is 2.19. The first-order chi connectivity index (χ1) is 13.1. The van der Waals surface area contributed by atoms with E-state index in [9.17, 15) is 9.59 Å². The van der Waals surface area contributed by atoms with Crippen LogP contribution in [0.15, 0.2) is 41.5 Å². The minimum Gasteiger partial charge on any atom is -0.334 e. The number of hydrogen-bond donors (Lipinski definition) is 1. The lowest BCUT2D eigenvalue weighted by Crippen LogP contribution is -2.41. The molecule has 0 saturated carbocycles. The number of rotatable bonds is 3. The zero-order chi connectivity index (χ0) is 19.2. The van der Waals surface area contributed by atoms with Crippen molar-refractivity contribution in [3.05, 3.63) is 53.3 Å². The number of hydrogen-bond acceptors (Lipinski definition) is 3. The average molecular weight is 366 g/mol. The van der Waals surface area contributed by atoms with Crippen molar-refractivity contribution in [3.63, 3.8) is 0 Å². The Morgan fingerprint density at radius 2 is 1.70 bits per heavy atom. The van der Waals surface area contributed by atoms with Crippen LogP contribution in [-0.2, 0) is 9.59 Å². The van der Waals surface area contributed by atoms with Crippen molar-refractivity contribution in [1.82, 2.24) is 14.9 Å². The highest BCUT2D eigenvalue weighted by Gasteiger charge is 2.22. The first-order valence-corrected chi connectivity index (χ1v) is 9.44. The van der Waals surface area contributed by atoms with Crippen LogP contribution in [0.3, 0.4) is 0 Å². The van der Waals surface area contributed by atoms with Crippen LogP contribution in [0.5, 0.6) is 0 Å². The van der Waals surface area contributed by atoms with Crippen LogP contribution in [-0.4, -0.2) is 40.6 Å². The fourth-order valence-electron chi connectivity index (χ4n) is 3.52. The summed E-state index contributed by atoms with van der Waals surface area (Å²) >= 11 is 0. The van der Waals surface area contributed by atoms with Gasteiger partial charge < -0.3 is 9.47 Å². The molecule has 0 unspecified atom stereocenters. The topological polar surface area (TPSA) is 66.7 Å². The smallest absolute Gasteiger partial charge is 0.329 e. The fraction of sp³-hybridized carbons (Fsp3) is 0.381. The van der Waals surface area contributed by atoms with Crippen LogP contribution >= 0.6 is 0 Å².